The monoisotopic (exact) mass is 303 g/mol. The number of pyridine rings is 1. The van der Waals surface area contributed by atoms with E-state index in [0.717, 1.165) is 12.2 Å². The molecule has 1 aromatic carbocycles. The third kappa shape index (κ3) is 3.52. The van der Waals surface area contributed by atoms with E-state index in [-0.39, 0.29) is 11.6 Å². The van der Waals surface area contributed by atoms with Crippen LogP contribution >= 0.6 is 11.6 Å². The van der Waals surface area contributed by atoms with Crippen LogP contribution in [0.1, 0.15) is 24.3 Å². The van der Waals surface area contributed by atoms with E-state index >= 15 is 0 Å². The van der Waals surface area contributed by atoms with Crippen LogP contribution in [0.3, 0.4) is 0 Å². The third-order valence-corrected chi connectivity index (χ3v) is 3.34. The van der Waals surface area contributed by atoms with Crippen molar-refractivity contribution in [2.75, 3.05) is 23.3 Å². The third-order valence-electron chi connectivity index (χ3n) is 3.04. The molecule has 21 heavy (non-hydrogen) atoms. The van der Waals surface area contributed by atoms with Gasteiger partial charge in [-0.1, -0.05) is 29.8 Å². The zero-order valence-electron chi connectivity index (χ0n) is 12.1. The number of anilines is 2. The van der Waals surface area contributed by atoms with Crippen molar-refractivity contribution in [1.29, 1.82) is 0 Å². The Balaban J connectivity index is 2.35. The fraction of sp³-hybridized carbons (Fsp3) is 0.250. The van der Waals surface area contributed by atoms with Crippen molar-refractivity contribution in [2.45, 2.75) is 13.8 Å². The SMILES string of the molecule is CCNc1ccc(Cl)c(C(=O)N(CC)c2ccccc2)n1. The van der Waals surface area contributed by atoms with Gasteiger partial charge in [-0.25, -0.2) is 4.98 Å². The molecule has 2 aromatic rings. The van der Waals surface area contributed by atoms with Crippen LogP contribution in [-0.4, -0.2) is 24.0 Å². The fourth-order valence-corrected chi connectivity index (χ4v) is 2.24. The predicted octanol–water partition coefficient (Wildman–Crippen LogP) is 3.83. The Bertz CT molecular complexity index is 616. The number of para-hydroxylation sites is 1. The van der Waals surface area contributed by atoms with Gasteiger partial charge in [0.1, 0.15) is 11.5 Å². The summed E-state index contributed by atoms with van der Waals surface area (Å²) in [6.07, 6.45) is 0. The molecule has 5 heteroatoms. The van der Waals surface area contributed by atoms with Gasteiger partial charge in [-0.2, -0.15) is 0 Å². The lowest BCUT2D eigenvalue weighted by atomic mass is 10.2. The Morgan fingerprint density at radius 1 is 1.19 bits per heavy atom. The second kappa shape index (κ2) is 7.09. The number of carbonyl (C=O) groups excluding carboxylic acids is 1. The highest BCUT2D eigenvalue weighted by atomic mass is 35.5. The number of aromatic nitrogens is 1. The lowest BCUT2D eigenvalue weighted by Crippen LogP contribution is -2.31. The molecular formula is C16H18ClN3O. The minimum absolute atomic E-state index is 0.201. The molecule has 0 aliphatic carbocycles. The maximum atomic E-state index is 12.7. The first-order valence-corrected chi connectivity index (χ1v) is 7.32. The second-order valence-corrected chi connectivity index (χ2v) is 4.85. The van der Waals surface area contributed by atoms with Gasteiger partial charge in [0, 0.05) is 18.8 Å². The predicted molar refractivity (Wildman–Crippen MR) is 87.2 cm³/mol. The van der Waals surface area contributed by atoms with Crippen molar-refractivity contribution in [3.63, 3.8) is 0 Å². The highest BCUT2D eigenvalue weighted by molar-refractivity contribution is 6.34. The Kier molecular flexibility index (Phi) is 5.17. The van der Waals surface area contributed by atoms with Crippen LogP contribution in [0.4, 0.5) is 11.5 Å². The number of halogens is 1. The highest BCUT2D eigenvalue weighted by Gasteiger charge is 2.20. The minimum atomic E-state index is -0.201. The molecule has 4 nitrogen and oxygen atoms in total. The molecule has 0 fully saturated rings. The van der Waals surface area contributed by atoms with E-state index in [1.165, 1.54) is 0 Å². The molecule has 1 aromatic heterocycles. The summed E-state index contributed by atoms with van der Waals surface area (Å²) in [5.41, 5.74) is 1.09. The lowest BCUT2D eigenvalue weighted by Gasteiger charge is -2.21. The van der Waals surface area contributed by atoms with Crippen molar-refractivity contribution in [1.82, 2.24) is 4.98 Å². The van der Waals surface area contributed by atoms with E-state index in [4.69, 9.17) is 11.6 Å². The number of amides is 1. The van der Waals surface area contributed by atoms with Crippen molar-refractivity contribution < 1.29 is 4.79 Å². The zero-order chi connectivity index (χ0) is 15.2. The highest BCUT2D eigenvalue weighted by Crippen LogP contribution is 2.22. The van der Waals surface area contributed by atoms with Gasteiger partial charge in [0.2, 0.25) is 0 Å². The molecule has 0 radical (unpaired) electrons. The number of hydrogen-bond acceptors (Lipinski definition) is 3. The summed E-state index contributed by atoms with van der Waals surface area (Å²) in [5, 5.41) is 3.44. The molecule has 1 heterocycles. The van der Waals surface area contributed by atoms with Crippen LogP contribution < -0.4 is 10.2 Å². The Hall–Kier alpha value is -2.07. The standard InChI is InChI=1S/C16H18ClN3O/c1-3-18-14-11-10-13(17)15(19-14)16(21)20(4-2)12-8-6-5-7-9-12/h5-11H,3-4H2,1-2H3,(H,18,19). The number of rotatable bonds is 5. The number of benzene rings is 1. The molecule has 1 N–H and O–H groups in total. The molecule has 0 bridgehead atoms. The van der Waals surface area contributed by atoms with E-state index in [0.29, 0.717) is 17.4 Å². The molecule has 2 rings (SSSR count). The van der Waals surface area contributed by atoms with E-state index in [1.54, 1.807) is 17.0 Å². The first kappa shape index (κ1) is 15.3. The smallest absolute Gasteiger partial charge is 0.278 e. The molecule has 0 aliphatic rings. The number of nitrogens with one attached hydrogen (secondary N) is 1. The summed E-state index contributed by atoms with van der Waals surface area (Å²) in [5.74, 6) is 0.447. The Morgan fingerprint density at radius 2 is 1.90 bits per heavy atom. The molecule has 0 spiro atoms. The molecule has 0 saturated heterocycles. The Morgan fingerprint density at radius 3 is 2.52 bits per heavy atom. The minimum Gasteiger partial charge on any atom is -0.370 e. The lowest BCUT2D eigenvalue weighted by molar-refractivity contribution is 0.0984. The van der Waals surface area contributed by atoms with Crippen LogP contribution in [0.2, 0.25) is 5.02 Å². The van der Waals surface area contributed by atoms with Crippen molar-refractivity contribution >= 4 is 29.0 Å². The quantitative estimate of drug-likeness (QED) is 0.913. The average molecular weight is 304 g/mol. The van der Waals surface area contributed by atoms with Crippen LogP contribution in [-0.2, 0) is 0 Å². The summed E-state index contributed by atoms with van der Waals surface area (Å²) in [7, 11) is 0. The van der Waals surface area contributed by atoms with Crippen LogP contribution in [0.15, 0.2) is 42.5 Å². The topological polar surface area (TPSA) is 45.2 Å². The van der Waals surface area contributed by atoms with Crippen LogP contribution in [0, 0.1) is 0 Å². The van der Waals surface area contributed by atoms with Gasteiger partial charge < -0.3 is 10.2 Å². The first-order chi connectivity index (χ1) is 10.2. The first-order valence-electron chi connectivity index (χ1n) is 6.94. The number of nitrogens with zero attached hydrogens (tertiary/aromatic N) is 2. The molecule has 0 unspecified atom stereocenters. The van der Waals surface area contributed by atoms with Crippen LogP contribution in [0.25, 0.3) is 0 Å². The summed E-state index contributed by atoms with van der Waals surface area (Å²) < 4.78 is 0. The molecule has 0 atom stereocenters. The molecular weight excluding hydrogens is 286 g/mol. The van der Waals surface area contributed by atoms with Gasteiger partial charge >= 0.3 is 0 Å². The average Bonchev–Trinajstić information content (AvgIpc) is 2.51. The molecule has 110 valence electrons. The van der Waals surface area contributed by atoms with Gasteiger partial charge in [0.15, 0.2) is 0 Å². The van der Waals surface area contributed by atoms with Gasteiger partial charge in [0.25, 0.3) is 5.91 Å². The number of carbonyl (C=O) groups is 1. The second-order valence-electron chi connectivity index (χ2n) is 4.44. The van der Waals surface area contributed by atoms with Gasteiger partial charge in [-0.15, -0.1) is 0 Å². The van der Waals surface area contributed by atoms with E-state index in [9.17, 15) is 4.79 Å². The number of hydrogen-bond donors (Lipinski definition) is 1. The maximum Gasteiger partial charge on any atom is 0.278 e. The van der Waals surface area contributed by atoms with Gasteiger partial charge in [-0.3, -0.25) is 4.79 Å². The van der Waals surface area contributed by atoms with E-state index in [2.05, 4.69) is 10.3 Å². The summed E-state index contributed by atoms with van der Waals surface area (Å²) >= 11 is 6.14. The fourth-order valence-electron chi connectivity index (χ4n) is 2.05. The molecule has 1 amide bonds. The van der Waals surface area contributed by atoms with E-state index in [1.807, 2.05) is 44.2 Å². The van der Waals surface area contributed by atoms with Crippen molar-refractivity contribution in [3.8, 4) is 0 Å². The Labute approximate surface area is 129 Å². The largest absolute Gasteiger partial charge is 0.370 e. The zero-order valence-corrected chi connectivity index (χ0v) is 12.9. The van der Waals surface area contributed by atoms with Crippen molar-refractivity contribution in [3.05, 3.63) is 53.2 Å². The molecule has 0 aliphatic heterocycles. The maximum absolute atomic E-state index is 12.7. The summed E-state index contributed by atoms with van der Waals surface area (Å²) in [6, 6.07) is 13.0. The van der Waals surface area contributed by atoms with E-state index < -0.39 is 0 Å². The van der Waals surface area contributed by atoms with Gasteiger partial charge in [0.05, 0.1) is 5.02 Å². The summed E-state index contributed by atoms with van der Waals surface area (Å²) in [6.45, 7) is 5.18. The summed E-state index contributed by atoms with van der Waals surface area (Å²) in [4.78, 5) is 18.7. The molecule has 0 saturated carbocycles. The van der Waals surface area contributed by atoms with Crippen LogP contribution in [0.5, 0.6) is 0 Å². The normalized spacial score (nSPS) is 10.2. The van der Waals surface area contributed by atoms with Gasteiger partial charge in [-0.05, 0) is 38.1 Å². The van der Waals surface area contributed by atoms with Crippen molar-refractivity contribution in [2.24, 2.45) is 0 Å².